The van der Waals surface area contributed by atoms with E-state index < -0.39 is 34.2 Å². The van der Waals surface area contributed by atoms with E-state index in [-0.39, 0.29) is 43.2 Å². The standard InChI is InChI=1S/C23H34O7/c1-20-5-2-16-17(23(20,29)7-4-15(20)13-8-19(27)30-11-13)3-6-21(28)10-14(25)9-18(26)22(16,21)12-24/h8,14-18,24-26,28-29H,2-7,9-12H2,1H3/t14?,15-,16+,17-,18?,20-,21?,22+,23?/m1/s1. The van der Waals surface area contributed by atoms with E-state index in [4.69, 9.17) is 4.74 Å². The van der Waals surface area contributed by atoms with Gasteiger partial charge in [0, 0.05) is 24.3 Å². The van der Waals surface area contributed by atoms with E-state index in [0.29, 0.717) is 38.7 Å². The molecule has 0 saturated heterocycles. The van der Waals surface area contributed by atoms with Crippen LogP contribution in [0, 0.1) is 28.6 Å². The lowest BCUT2D eigenvalue weighted by Crippen LogP contribution is -2.73. The van der Waals surface area contributed by atoms with Gasteiger partial charge in [0.1, 0.15) is 6.61 Å². The second kappa shape index (κ2) is 6.51. The lowest BCUT2D eigenvalue weighted by atomic mass is 9.41. The number of aliphatic hydroxyl groups is 5. The Labute approximate surface area is 176 Å². The molecular formula is C23H34O7. The van der Waals surface area contributed by atoms with Gasteiger partial charge in [0.2, 0.25) is 0 Å². The third kappa shape index (κ3) is 2.36. The molecule has 7 nitrogen and oxygen atoms in total. The van der Waals surface area contributed by atoms with Crippen molar-refractivity contribution in [1.82, 2.24) is 0 Å². The van der Waals surface area contributed by atoms with Crippen LogP contribution >= 0.6 is 0 Å². The van der Waals surface area contributed by atoms with E-state index >= 15 is 0 Å². The van der Waals surface area contributed by atoms with Gasteiger partial charge in [-0.3, -0.25) is 0 Å². The molecule has 0 aromatic carbocycles. The fraction of sp³-hybridized carbons (Fsp3) is 0.870. The van der Waals surface area contributed by atoms with Crippen molar-refractivity contribution in [2.45, 2.75) is 81.7 Å². The average molecular weight is 423 g/mol. The van der Waals surface area contributed by atoms with Gasteiger partial charge in [-0.2, -0.15) is 0 Å². The molecule has 0 spiro atoms. The molecule has 7 heteroatoms. The Morgan fingerprint density at radius 1 is 1.10 bits per heavy atom. The van der Waals surface area contributed by atoms with E-state index in [1.54, 1.807) is 6.08 Å². The summed E-state index contributed by atoms with van der Waals surface area (Å²) in [6.45, 7) is 2.04. The summed E-state index contributed by atoms with van der Waals surface area (Å²) in [7, 11) is 0. The second-order valence-electron chi connectivity index (χ2n) is 10.9. The first kappa shape index (κ1) is 20.9. The van der Waals surface area contributed by atoms with Crippen molar-refractivity contribution in [3.05, 3.63) is 11.6 Å². The van der Waals surface area contributed by atoms with Gasteiger partial charge < -0.3 is 30.3 Å². The number of esters is 1. The van der Waals surface area contributed by atoms with Gasteiger partial charge in [0.15, 0.2) is 0 Å². The van der Waals surface area contributed by atoms with Gasteiger partial charge in [-0.15, -0.1) is 0 Å². The molecule has 0 radical (unpaired) electrons. The largest absolute Gasteiger partial charge is 0.458 e. The molecule has 4 saturated carbocycles. The Balaban J connectivity index is 1.53. The average Bonchev–Trinajstić information content (AvgIpc) is 3.21. The number of fused-ring (bicyclic) bond motifs is 5. The molecule has 5 N–H and O–H groups in total. The molecule has 4 unspecified atom stereocenters. The Morgan fingerprint density at radius 3 is 2.50 bits per heavy atom. The smallest absolute Gasteiger partial charge is 0.331 e. The number of aliphatic hydroxyl groups excluding tert-OH is 3. The molecule has 168 valence electrons. The van der Waals surface area contributed by atoms with Crippen LogP contribution in [0.25, 0.3) is 0 Å². The molecule has 1 aliphatic heterocycles. The predicted octanol–water partition coefficient (Wildman–Crippen LogP) is 0.662. The lowest BCUT2D eigenvalue weighted by Gasteiger charge is -2.67. The Bertz CT molecular complexity index is 782. The minimum absolute atomic E-state index is 0.0684. The monoisotopic (exact) mass is 422 g/mol. The maximum atomic E-state index is 12.1. The maximum Gasteiger partial charge on any atom is 0.331 e. The highest BCUT2D eigenvalue weighted by Crippen LogP contribution is 2.70. The summed E-state index contributed by atoms with van der Waals surface area (Å²) in [6, 6.07) is 0. The zero-order valence-corrected chi connectivity index (χ0v) is 17.6. The third-order valence-electron chi connectivity index (χ3n) is 10.1. The fourth-order valence-electron chi connectivity index (χ4n) is 8.63. The van der Waals surface area contributed by atoms with Gasteiger partial charge in [-0.1, -0.05) is 6.92 Å². The SMILES string of the molecule is C[C@]12CC[C@H]3[C@@H](CCC4(O)CC(O)CC(O)[C@]34CO)C1(O)CC[C@@H]2C1=CC(=O)OC1. The molecule has 30 heavy (non-hydrogen) atoms. The molecular weight excluding hydrogens is 388 g/mol. The quantitative estimate of drug-likeness (QED) is 0.414. The summed E-state index contributed by atoms with van der Waals surface area (Å²) >= 11 is 0. The Kier molecular flexibility index (Phi) is 4.54. The van der Waals surface area contributed by atoms with Crippen molar-refractivity contribution in [1.29, 1.82) is 0 Å². The molecule has 5 rings (SSSR count). The normalized spacial score (nSPS) is 55.3. The first-order valence-corrected chi connectivity index (χ1v) is 11.4. The number of carbonyl (C=O) groups excluding carboxylic acids is 1. The van der Waals surface area contributed by atoms with Crippen molar-refractivity contribution in [3.63, 3.8) is 0 Å². The van der Waals surface area contributed by atoms with Crippen molar-refractivity contribution >= 4 is 5.97 Å². The van der Waals surface area contributed by atoms with Crippen LogP contribution in [0.4, 0.5) is 0 Å². The molecule has 0 amide bonds. The van der Waals surface area contributed by atoms with E-state index in [2.05, 4.69) is 6.92 Å². The summed E-state index contributed by atoms with van der Waals surface area (Å²) in [6.07, 6.45) is 3.73. The lowest BCUT2D eigenvalue weighted by molar-refractivity contribution is -0.297. The van der Waals surface area contributed by atoms with E-state index in [1.165, 1.54) is 0 Å². The number of ether oxygens (including phenoxy) is 1. The summed E-state index contributed by atoms with van der Waals surface area (Å²) < 4.78 is 5.15. The minimum Gasteiger partial charge on any atom is -0.458 e. The van der Waals surface area contributed by atoms with Crippen molar-refractivity contribution in [2.75, 3.05) is 13.2 Å². The number of rotatable bonds is 2. The first-order chi connectivity index (χ1) is 14.1. The molecule has 9 atom stereocenters. The van der Waals surface area contributed by atoms with Gasteiger partial charge in [-0.25, -0.2) is 4.79 Å². The zero-order chi connectivity index (χ0) is 21.5. The number of hydrogen-bond donors (Lipinski definition) is 5. The van der Waals surface area contributed by atoms with Gasteiger partial charge in [0.05, 0.1) is 35.4 Å². The maximum absolute atomic E-state index is 12.1. The van der Waals surface area contributed by atoms with Gasteiger partial charge in [-0.05, 0) is 61.9 Å². The second-order valence-corrected chi connectivity index (χ2v) is 10.9. The van der Waals surface area contributed by atoms with Gasteiger partial charge in [0.25, 0.3) is 0 Å². The molecule has 0 aromatic heterocycles. The predicted molar refractivity (Wildman–Crippen MR) is 106 cm³/mol. The molecule has 4 fully saturated rings. The van der Waals surface area contributed by atoms with Crippen LogP contribution in [0.3, 0.4) is 0 Å². The highest BCUT2D eigenvalue weighted by molar-refractivity contribution is 5.85. The molecule has 0 bridgehead atoms. The van der Waals surface area contributed by atoms with Crippen LogP contribution in [0.15, 0.2) is 11.6 Å². The van der Waals surface area contributed by atoms with Gasteiger partial charge >= 0.3 is 5.97 Å². The molecule has 0 aromatic rings. The van der Waals surface area contributed by atoms with Crippen LogP contribution in [0.2, 0.25) is 0 Å². The van der Waals surface area contributed by atoms with Crippen LogP contribution in [-0.2, 0) is 9.53 Å². The third-order valence-corrected chi connectivity index (χ3v) is 10.1. The number of cyclic esters (lactones) is 1. The Morgan fingerprint density at radius 2 is 1.83 bits per heavy atom. The summed E-state index contributed by atoms with van der Waals surface area (Å²) in [4.78, 5) is 11.7. The minimum atomic E-state index is -1.34. The van der Waals surface area contributed by atoms with Crippen LogP contribution < -0.4 is 0 Å². The van der Waals surface area contributed by atoms with E-state index in [0.717, 1.165) is 12.0 Å². The summed E-state index contributed by atoms with van der Waals surface area (Å²) in [5, 5.41) is 55.5. The highest BCUT2D eigenvalue weighted by atomic mass is 16.5. The fourth-order valence-corrected chi connectivity index (χ4v) is 8.63. The van der Waals surface area contributed by atoms with E-state index in [1.807, 2.05) is 0 Å². The van der Waals surface area contributed by atoms with Crippen molar-refractivity contribution in [2.24, 2.45) is 28.6 Å². The first-order valence-electron chi connectivity index (χ1n) is 11.4. The van der Waals surface area contributed by atoms with Crippen LogP contribution in [-0.4, -0.2) is 68.1 Å². The summed E-state index contributed by atoms with van der Waals surface area (Å²) in [5.41, 5.74) is -2.92. The molecule has 5 aliphatic rings. The summed E-state index contributed by atoms with van der Waals surface area (Å²) in [5.74, 6) is -0.629. The van der Waals surface area contributed by atoms with Crippen LogP contribution in [0.1, 0.15) is 58.3 Å². The Hall–Kier alpha value is -0.990. The van der Waals surface area contributed by atoms with E-state index in [9.17, 15) is 30.3 Å². The number of carbonyl (C=O) groups is 1. The number of hydrogen-bond acceptors (Lipinski definition) is 7. The van der Waals surface area contributed by atoms with Crippen molar-refractivity contribution in [3.8, 4) is 0 Å². The molecule has 1 heterocycles. The zero-order valence-electron chi connectivity index (χ0n) is 17.6. The highest BCUT2D eigenvalue weighted by Gasteiger charge is 2.73. The molecule has 4 aliphatic carbocycles. The van der Waals surface area contributed by atoms with Crippen molar-refractivity contribution < 1.29 is 35.1 Å². The topological polar surface area (TPSA) is 127 Å². The van der Waals surface area contributed by atoms with Crippen LogP contribution in [0.5, 0.6) is 0 Å².